The van der Waals surface area contributed by atoms with Crippen molar-refractivity contribution < 1.29 is 14.3 Å². The van der Waals surface area contributed by atoms with E-state index in [9.17, 15) is 4.79 Å². The van der Waals surface area contributed by atoms with Crippen LogP contribution in [-0.2, 0) is 14.3 Å². The van der Waals surface area contributed by atoms with E-state index in [0.29, 0.717) is 19.1 Å². The van der Waals surface area contributed by atoms with Crippen LogP contribution in [0.2, 0.25) is 0 Å². The summed E-state index contributed by atoms with van der Waals surface area (Å²) in [5.74, 6) is -0.301. The minimum atomic E-state index is -0.863. The van der Waals surface area contributed by atoms with E-state index < -0.39 is 5.54 Å². The Kier molecular flexibility index (Phi) is 8.15. The number of nitrogens with two attached hydrogens (primary N) is 1. The van der Waals surface area contributed by atoms with Crippen LogP contribution in [0.25, 0.3) is 0 Å². The lowest BCUT2D eigenvalue weighted by Gasteiger charge is -2.22. The van der Waals surface area contributed by atoms with E-state index in [1.54, 1.807) is 13.8 Å². The minimum absolute atomic E-state index is 0.301. The van der Waals surface area contributed by atoms with Crippen LogP contribution >= 0.6 is 0 Å². The van der Waals surface area contributed by atoms with Crippen LogP contribution in [0.1, 0.15) is 71.6 Å². The Morgan fingerprint density at radius 3 is 2.45 bits per heavy atom. The molecule has 1 fully saturated rings. The summed E-state index contributed by atoms with van der Waals surface area (Å²) in [7, 11) is 0. The molecule has 0 aliphatic heterocycles. The molecule has 1 rings (SSSR count). The third-order valence-electron chi connectivity index (χ3n) is 3.99. The van der Waals surface area contributed by atoms with Gasteiger partial charge in [-0.2, -0.15) is 0 Å². The van der Waals surface area contributed by atoms with Gasteiger partial charge in [0.15, 0.2) is 0 Å². The Morgan fingerprint density at radius 2 is 1.85 bits per heavy atom. The molecule has 2 N–H and O–H groups in total. The number of carbonyl (C=O) groups excluding carboxylic acids is 1. The maximum atomic E-state index is 11.6. The first kappa shape index (κ1) is 17.4. The van der Waals surface area contributed by atoms with E-state index in [4.69, 9.17) is 15.2 Å². The molecule has 118 valence electrons. The molecule has 20 heavy (non-hydrogen) atoms. The molecule has 0 spiro atoms. The Bertz CT molecular complexity index is 271. The van der Waals surface area contributed by atoms with Crippen molar-refractivity contribution in [2.45, 2.75) is 83.3 Å². The molecular formula is C16H31NO3. The normalized spacial score (nSPS) is 20.1. The molecule has 4 nitrogen and oxygen atoms in total. The second kappa shape index (κ2) is 9.35. The standard InChI is InChI=1S/C16H31NO3/c1-3-19-15(18)16(2,17)12-8-9-13-20-14-10-6-4-5-7-11-14/h14H,3-13,17H2,1-2H3. The average Bonchev–Trinajstić information content (AvgIpc) is 2.67. The SMILES string of the molecule is CCOC(=O)C(C)(N)CCCCOC1CCCCCC1. The van der Waals surface area contributed by atoms with Crippen LogP contribution in [0.4, 0.5) is 0 Å². The summed E-state index contributed by atoms with van der Waals surface area (Å²) < 4.78 is 10.9. The Labute approximate surface area is 123 Å². The molecule has 0 saturated heterocycles. The average molecular weight is 285 g/mol. The van der Waals surface area contributed by atoms with Gasteiger partial charge in [0, 0.05) is 6.61 Å². The van der Waals surface area contributed by atoms with Crippen molar-refractivity contribution in [1.82, 2.24) is 0 Å². The van der Waals surface area contributed by atoms with Crippen LogP contribution in [0, 0.1) is 0 Å². The molecule has 1 unspecified atom stereocenters. The van der Waals surface area contributed by atoms with Gasteiger partial charge in [-0.25, -0.2) is 0 Å². The maximum Gasteiger partial charge on any atom is 0.325 e. The summed E-state index contributed by atoms with van der Waals surface area (Å²) in [6.45, 7) is 4.71. The number of carbonyl (C=O) groups is 1. The molecule has 0 heterocycles. The third-order valence-corrected chi connectivity index (χ3v) is 3.99. The minimum Gasteiger partial charge on any atom is -0.465 e. The molecule has 0 amide bonds. The Hall–Kier alpha value is -0.610. The van der Waals surface area contributed by atoms with E-state index in [-0.39, 0.29) is 5.97 Å². The zero-order valence-electron chi connectivity index (χ0n) is 13.2. The predicted molar refractivity (Wildman–Crippen MR) is 80.5 cm³/mol. The van der Waals surface area contributed by atoms with Crippen molar-refractivity contribution in [3.05, 3.63) is 0 Å². The van der Waals surface area contributed by atoms with Gasteiger partial charge < -0.3 is 15.2 Å². The van der Waals surface area contributed by atoms with Crippen molar-refractivity contribution in [1.29, 1.82) is 0 Å². The second-order valence-electron chi connectivity index (χ2n) is 6.08. The van der Waals surface area contributed by atoms with Gasteiger partial charge in [0.2, 0.25) is 0 Å². The smallest absolute Gasteiger partial charge is 0.325 e. The van der Waals surface area contributed by atoms with Gasteiger partial charge in [-0.1, -0.05) is 25.7 Å². The van der Waals surface area contributed by atoms with Crippen molar-refractivity contribution in [3.63, 3.8) is 0 Å². The monoisotopic (exact) mass is 285 g/mol. The van der Waals surface area contributed by atoms with Crippen LogP contribution in [-0.4, -0.2) is 30.8 Å². The van der Waals surface area contributed by atoms with Crippen molar-refractivity contribution >= 4 is 5.97 Å². The van der Waals surface area contributed by atoms with Gasteiger partial charge in [-0.3, -0.25) is 4.79 Å². The van der Waals surface area contributed by atoms with Crippen LogP contribution in [0.5, 0.6) is 0 Å². The van der Waals surface area contributed by atoms with E-state index in [1.807, 2.05) is 0 Å². The number of ether oxygens (including phenoxy) is 2. The molecule has 4 heteroatoms. The van der Waals surface area contributed by atoms with Gasteiger partial charge >= 0.3 is 5.97 Å². The Balaban J connectivity index is 2.10. The number of hydrogen-bond acceptors (Lipinski definition) is 4. The zero-order chi connectivity index (χ0) is 14.8. The lowest BCUT2D eigenvalue weighted by molar-refractivity contribution is -0.149. The highest BCUT2D eigenvalue weighted by atomic mass is 16.5. The van der Waals surface area contributed by atoms with E-state index >= 15 is 0 Å². The highest BCUT2D eigenvalue weighted by molar-refractivity contribution is 5.79. The molecule has 0 aromatic carbocycles. The van der Waals surface area contributed by atoms with Gasteiger partial charge in [-0.15, -0.1) is 0 Å². The van der Waals surface area contributed by atoms with Gasteiger partial charge in [0.05, 0.1) is 12.7 Å². The van der Waals surface area contributed by atoms with Crippen LogP contribution < -0.4 is 5.73 Å². The topological polar surface area (TPSA) is 61.5 Å². The Morgan fingerprint density at radius 1 is 1.20 bits per heavy atom. The fourth-order valence-corrected chi connectivity index (χ4v) is 2.65. The summed E-state index contributed by atoms with van der Waals surface area (Å²) in [6.07, 6.45) is 10.7. The summed E-state index contributed by atoms with van der Waals surface area (Å²) in [6, 6.07) is 0. The van der Waals surface area contributed by atoms with Gasteiger partial charge in [-0.05, 0) is 46.0 Å². The molecule has 1 aliphatic carbocycles. The second-order valence-corrected chi connectivity index (χ2v) is 6.08. The molecule has 1 saturated carbocycles. The summed E-state index contributed by atoms with van der Waals surface area (Å²) in [4.78, 5) is 11.6. The summed E-state index contributed by atoms with van der Waals surface area (Å²) >= 11 is 0. The maximum absolute atomic E-state index is 11.6. The molecule has 0 radical (unpaired) electrons. The quantitative estimate of drug-likeness (QED) is 0.423. The van der Waals surface area contributed by atoms with E-state index in [1.165, 1.54) is 38.5 Å². The lowest BCUT2D eigenvalue weighted by Crippen LogP contribution is -2.46. The van der Waals surface area contributed by atoms with Crippen molar-refractivity contribution in [2.75, 3.05) is 13.2 Å². The fourth-order valence-electron chi connectivity index (χ4n) is 2.65. The number of unbranched alkanes of at least 4 members (excludes halogenated alkanes) is 1. The molecular weight excluding hydrogens is 254 g/mol. The highest BCUT2D eigenvalue weighted by Crippen LogP contribution is 2.20. The van der Waals surface area contributed by atoms with Crippen LogP contribution in [0.3, 0.4) is 0 Å². The largest absolute Gasteiger partial charge is 0.465 e. The molecule has 0 aromatic heterocycles. The lowest BCUT2D eigenvalue weighted by atomic mass is 9.96. The van der Waals surface area contributed by atoms with Crippen molar-refractivity contribution in [2.24, 2.45) is 5.73 Å². The van der Waals surface area contributed by atoms with E-state index in [2.05, 4.69) is 0 Å². The molecule has 0 bridgehead atoms. The number of rotatable bonds is 8. The number of esters is 1. The summed E-state index contributed by atoms with van der Waals surface area (Å²) in [5.41, 5.74) is 5.11. The number of hydrogen-bond donors (Lipinski definition) is 1. The first-order chi connectivity index (χ1) is 9.56. The molecule has 1 atom stereocenters. The first-order valence-corrected chi connectivity index (χ1v) is 8.14. The van der Waals surface area contributed by atoms with Crippen LogP contribution in [0.15, 0.2) is 0 Å². The fraction of sp³-hybridized carbons (Fsp3) is 0.938. The molecule has 1 aliphatic rings. The summed E-state index contributed by atoms with van der Waals surface area (Å²) in [5, 5.41) is 0. The van der Waals surface area contributed by atoms with Crippen molar-refractivity contribution in [3.8, 4) is 0 Å². The predicted octanol–water partition coefficient (Wildman–Crippen LogP) is 3.18. The zero-order valence-corrected chi connectivity index (χ0v) is 13.2. The van der Waals surface area contributed by atoms with Gasteiger partial charge in [0.25, 0.3) is 0 Å². The first-order valence-electron chi connectivity index (χ1n) is 8.14. The van der Waals surface area contributed by atoms with Gasteiger partial charge in [0.1, 0.15) is 5.54 Å². The molecule has 0 aromatic rings. The third kappa shape index (κ3) is 6.71. The van der Waals surface area contributed by atoms with E-state index in [0.717, 1.165) is 19.4 Å². The highest BCUT2D eigenvalue weighted by Gasteiger charge is 2.29.